The standard InChI is InChI=1S/C7H10ClNS.ClH/c1-7(2,9)6-5(8)3-4-10-6;/h3-4H,9H2,1-2H3;1H. The second-order valence-corrected chi connectivity index (χ2v) is 4.14. The molecule has 1 aromatic rings. The van der Waals surface area contributed by atoms with Crippen molar-refractivity contribution in [3.8, 4) is 0 Å². The first-order valence-corrected chi connectivity index (χ1v) is 4.30. The molecule has 0 radical (unpaired) electrons. The molecule has 1 rings (SSSR count). The predicted octanol–water partition coefficient (Wildman–Crippen LogP) is 3.02. The van der Waals surface area contributed by atoms with Crippen molar-refractivity contribution < 1.29 is 0 Å². The lowest BCUT2D eigenvalue weighted by Gasteiger charge is -2.16. The fourth-order valence-corrected chi connectivity index (χ4v) is 2.09. The molecule has 0 amide bonds. The van der Waals surface area contributed by atoms with E-state index in [1.807, 2.05) is 25.3 Å². The van der Waals surface area contributed by atoms with E-state index < -0.39 is 0 Å². The van der Waals surface area contributed by atoms with Crippen LogP contribution >= 0.6 is 35.3 Å². The van der Waals surface area contributed by atoms with Gasteiger partial charge in [0.05, 0.1) is 5.02 Å². The highest BCUT2D eigenvalue weighted by Crippen LogP contribution is 2.30. The average molecular weight is 212 g/mol. The van der Waals surface area contributed by atoms with Crippen molar-refractivity contribution in [2.24, 2.45) is 5.73 Å². The van der Waals surface area contributed by atoms with E-state index in [1.54, 1.807) is 11.3 Å². The van der Waals surface area contributed by atoms with E-state index in [-0.39, 0.29) is 17.9 Å². The van der Waals surface area contributed by atoms with Crippen LogP contribution in [0.3, 0.4) is 0 Å². The molecule has 1 aromatic heterocycles. The van der Waals surface area contributed by atoms with Crippen molar-refractivity contribution >= 4 is 35.3 Å². The summed E-state index contributed by atoms with van der Waals surface area (Å²) >= 11 is 7.45. The summed E-state index contributed by atoms with van der Waals surface area (Å²) in [5.74, 6) is 0. The van der Waals surface area contributed by atoms with Crippen molar-refractivity contribution in [2.45, 2.75) is 19.4 Å². The van der Waals surface area contributed by atoms with Crippen LogP contribution in [0.15, 0.2) is 11.4 Å². The lowest BCUT2D eigenvalue weighted by Crippen LogP contribution is -2.27. The number of hydrogen-bond donors (Lipinski definition) is 1. The first-order valence-electron chi connectivity index (χ1n) is 3.04. The van der Waals surface area contributed by atoms with E-state index in [4.69, 9.17) is 17.3 Å². The smallest absolute Gasteiger partial charge is 0.0563 e. The molecule has 0 spiro atoms. The summed E-state index contributed by atoms with van der Waals surface area (Å²) in [5, 5.41) is 2.73. The van der Waals surface area contributed by atoms with Gasteiger partial charge in [0.1, 0.15) is 0 Å². The van der Waals surface area contributed by atoms with Gasteiger partial charge in [-0.15, -0.1) is 23.7 Å². The third kappa shape index (κ3) is 2.64. The Morgan fingerprint density at radius 2 is 2.09 bits per heavy atom. The van der Waals surface area contributed by atoms with E-state index in [0.29, 0.717) is 0 Å². The molecule has 0 aliphatic carbocycles. The SMILES string of the molecule is CC(C)(N)c1sccc1Cl.Cl. The zero-order valence-electron chi connectivity index (χ0n) is 6.43. The van der Waals surface area contributed by atoms with Crippen molar-refractivity contribution in [1.82, 2.24) is 0 Å². The minimum atomic E-state index is -0.300. The Bertz CT molecular complexity index is 227. The summed E-state index contributed by atoms with van der Waals surface area (Å²) in [6.45, 7) is 3.90. The predicted molar refractivity (Wildman–Crippen MR) is 53.8 cm³/mol. The van der Waals surface area contributed by atoms with Crippen LogP contribution in [0.1, 0.15) is 18.7 Å². The maximum atomic E-state index is 5.85. The van der Waals surface area contributed by atoms with Crippen molar-refractivity contribution in [1.29, 1.82) is 0 Å². The van der Waals surface area contributed by atoms with Crippen molar-refractivity contribution in [3.63, 3.8) is 0 Å². The van der Waals surface area contributed by atoms with Crippen LogP contribution < -0.4 is 5.73 Å². The van der Waals surface area contributed by atoms with Crippen LogP contribution in [0, 0.1) is 0 Å². The van der Waals surface area contributed by atoms with Gasteiger partial charge in [0.2, 0.25) is 0 Å². The summed E-state index contributed by atoms with van der Waals surface area (Å²) in [6.07, 6.45) is 0. The minimum Gasteiger partial charge on any atom is -0.321 e. The molecule has 0 saturated heterocycles. The second kappa shape index (κ2) is 3.76. The molecule has 11 heavy (non-hydrogen) atoms. The number of hydrogen-bond acceptors (Lipinski definition) is 2. The van der Waals surface area contributed by atoms with E-state index in [0.717, 1.165) is 9.90 Å². The van der Waals surface area contributed by atoms with Crippen LogP contribution in [-0.4, -0.2) is 0 Å². The molecule has 4 heteroatoms. The summed E-state index contributed by atoms with van der Waals surface area (Å²) in [4.78, 5) is 1.05. The maximum absolute atomic E-state index is 5.85. The molecular formula is C7H11Cl2NS. The van der Waals surface area contributed by atoms with E-state index >= 15 is 0 Å². The molecule has 0 bridgehead atoms. The van der Waals surface area contributed by atoms with E-state index in [2.05, 4.69) is 0 Å². The van der Waals surface area contributed by atoms with E-state index in [9.17, 15) is 0 Å². The molecular weight excluding hydrogens is 201 g/mol. The van der Waals surface area contributed by atoms with Gasteiger partial charge in [0.15, 0.2) is 0 Å². The zero-order chi connectivity index (χ0) is 7.78. The number of nitrogens with two attached hydrogens (primary N) is 1. The quantitative estimate of drug-likeness (QED) is 0.760. The zero-order valence-corrected chi connectivity index (χ0v) is 8.82. The third-order valence-electron chi connectivity index (χ3n) is 1.20. The molecule has 1 heterocycles. The highest BCUT2D eigenvalue weighted by Gasteiger charge is 2.18. The minimum absolute atomic E-state index is 0. The van der Waals surface area contributed by atoms with Crippen molar-refractivity contribution in [3.05, 3.63) is 21.3 Å². The lowest BCUT2D eigenvalue weighted by molar-refractivity contribution is 0.567. The van der Waals surface area contributed by atoms with Gasteiger partial charge in [-0.3, -0.25) is 0 Å². The summed E-state index contributed by atoms with van der Waals surface area (Å²) in [7, 11) is 0. The topological polar surface area (TPSA) is 26.0 Å². The van der Waals surface area contributed by atoms with Gasteiger partial charge in [-0.1, -0.05) is 11.6 Å². The Morgan fingerprint density at radius 3 is 2.27 bits per heavy atom. The van der Waals surface area contributed by atoms with E-state index in [1.165, 1.54) is 0 Å². The van der Waals surface area contributed by atoms with Crippen molar-refractivity contribution in [2.75, 3.05) is 0 Å². The Balaban J connectivity index is 0.000001000. The van der Waals surface area contributed by atoms with Crippen LogP contribution in [0.4, 0.5) is 0 Å². The Kier molecular flexibility index (Phi) is 3.85. The van der Waals surface area contributed by atoms with Crippen LogP contribution in [-0.2, 0) is 5.54 Å². The lowest BCUT2D eigenvalue weighted by atomic mass is 10.1. The third-order valence-corrected chi connectivity index (χ3v) is 2.88. The first-order chi connectivity index (χ1) is 4.52. The average Bonchev–Trinajstić information content (AvgIpc) is 2.11. The van der Waals surface area contributed by atoms with Gasteiger partial charge < -0.3 is 5.73 Å². The molecule has 0 aliphatic rings. The summed E-state index contributed by atoms with van der Waals surface area (Å²) in [5.41, 5.74) is 5.53. The van der Waals surface area contributed by atoms with Gasteiger partial charge in [0, 0.05) is 10.4 Å². The Morgan fingerprint density at radius 1 is 1.55 bits per heavy atom. The fourth-order valence-electron chi connectivity index (χ4n) is 0.753. The Labute approximate surface area is 82.0 Å². The molecule has 0 aromatic carbocycles. The van der Waals surface area contributed by atoms with Gasteiger partial charge in [0.25, 0.3) is 0 Å². The monoisotopic (exact) mass is 211 g/mol. The fraction of sp³-hybridized carbons (Fsp3) is 0.429. The number of thiophene rings is 1. The second-order valence-electron chi connectivity index (χ2n) is 2.82. The molecule has 0 fully saturated rings. The molecule has 0 unspecified atom stereocenters. The maximum Gasteiger partial charge on any atom is 0.0563 e. The molecule has 0 aliphatic heterocycles. The van der Waals surface area contributed by atoms with Crippen LogP contribution in [0.5, 0.6) is 0 Å². The summed E-state index contributed by atoms with van der Waals surface area (Å²) in [6, 6.07) is 1.87. The summed E-state index contributed by atoms with van der Waals surface area (Å²) < 4.78 is 0. The van der Waals surface area contributed by atoms with Gasteiger partial charge >= 0.3 is 0 Å². The number of rotatable bonds is 1. The Hall–Kier alpha value is 0.240. The van der Waals surface area contributed by atoms with Crippen LogP contribution in [0.2, 0.25) is 5.02 Å². The normalized spacial score (nSPS) is 10.9. The molecule has 64 valence electrons. The molecule has 2 N–H and O–H groups in total. The number of halogens is 2. The molecule has 0 atom stereocenters. The van der Waals surface area contributed by atoms with Gasteiger partial charge in [-0.25, -0.2) is 0 Å². The molecule has 0 saturated carbocycles. The van der Waals surface area contributed by atoms with Crippen LogP contribution in [0.25, 0.3) is 0 Å². The van der Waals surface area contributed by atoms with Gasteiger partial charge in [-0.2, -0.15) is 0 Å². The first kappa shape index (κ1) is 11.2. The largest absolute Gasteiger partial charge is 0.321 e. The highest BCUT2D eigenvalue weighted by atomic mass is 35.5. The highest BCUT2D eigenvalue weighted by molar-refractivity contribution is 7.10. The molecule has 1 nitrogen and oxygen atoms in total. The van der Waals surface area contributed by atoms with Gasteiger partial charge in [-0.05, 0) is 25.3 Å².